The van der Waals surface area contributed by atoms with Crippen LogP contribution in [0, 0.1) is 19.3 Å². The highest BCUT2D eigenvalue weighted by molar-refractivity contribution is 6.10. The lowest BCUT2D eigenvalue weighted by atomic mass is 9.95. The number of aryl methyl sites for hydroxylation is 2. The van der Waals surface area contributed by atoms with Gasteiger partial charge in [-0.3, -0.25) is 5.41 Å². The van der Waals surface area contributed by atoms with Gasteiger partial charge in [-0.25, -0.2) is 0 Å². The molecule has 21 heavy (non-hydrogen) atoms. The number of aromatic nitrogens is 1. The summed E-state index contributed by atoms with van der Waals surface area (Å²) >= 11 is 0. The molecule has 1 heterocycles. The third-order valence-corrected chi connectivity index (χ3v) is 4.65. The van der Waals surface area contributed by atoms with Crippen LogP contribution in [0.2, 0.25) is 0 Å². The van der Waals surface area contributed by atoms with Gasteiger partial charge in [0.1, 0.15) is 0 Å². The summed E-state index contributed by atoms with van der Waals surface area (Å²) in [7, 11) is 0. The van der Waals surface area contributed by atoms with Crippen molar-refractivity contribution in [3.05, 3.63) is 58.9 Å². The fourth-order valence-electron chi connectivity index (χ4n) is 3.36. The Hall–Kier alpha value is -1.83. The molecule has 2 aromatic rings. The highest BCUT2D eigenvalue weighted by atomic mass is 15.0. The maximum Gasteiger partial charge on any atom is 0.0699 e. The number of nitrogens with zero attached hydrogens (tertiary/aromatic N) is 1. The lowest BCUT2D eigenvalue weighted by Crippen LogP contribution is -2.13. The summed E-state index contributed by atoms with van der Waals surface area (Å²) in [5, 5.41) is 8.45. The molecule has 0 amide bonds. The Bertz CT molecular complexity index is 628. The molecule has 0 saturated heterocycles. The van der Waals surface area contributed by atoms with Crippen LogP contribution >= 0.6 is 0 Å². The van der Waals surface area contributed by atoms with Gasteiger partial charge in [-0.2, -0.15) is 0 Å². The Labute approximate surface area is 127 Å². The Balaban J connectivity index is 1.85. The van der Waals surface area contributed by atoms with Crippen LogP contribution in [0.5, 0.6) is 0 Å². The Morgan fingerprint density at radius 3 is 2.33 bits per heavy atom. The second-order valence-electron chi connectivity index (χ2n) is 6.31. The first-order chi connectivity index (χ1) is 10.1. The second kappa shape index (κ2) is 5.88. The third-order valence-electron chi connectivity index (χ3n) is 4.65. The molecule has 1 aliphatic carbocycles. The van der Waals surface area contributed by atoms with Crippen molar-refractivity contribution in [1.82, 2.24) is 4.57 Å². The first-order valence-corrected chi connectivity index (χ1v) is 7.99. The van der Waals surface area contributed by atoms with E-state index in [9.17, 15) is 0 Å². The Morgan fingerprint density at radius 1 is 1.00 bits per heavy atom. The Kier molecular flexibility index (Phi) is 3.96. The van der Waals surface area contributed by atoms with Crippen LogP contribution in [0.4, 0.5) is 0 Å². The van der Waals surface area contributed by atoms with Crippen LogP contribution in [0.25, 0.3) is 0 Å². The van der Waals surface area contributed by atoms with Crippen molar-refractivity contribution in [3.8, 4) is 0 Å². The van der Waals surface area contributed by atoms with E-state index in [1.54, 1.807) is 0 Å². The van der Waals surface area contributed by atoms with Gasteiger partial charge in [0.25, 0.3) is 0 Å². The van der Waals surface area contributed by atoms with Crippen molar-refractivity contribution in [2.24, 2.45) is 0 Å². The standard InChI is InChI=1S/C19H24N2/c1-14-8-10-16(11-9-14)19(20)17-12-15(2)21(13-17)18-6-4-3-5-7-18/h8-13,18,20H,3-7H2,1-2H3. The molecule has 1 N–H and O–H groups in total. The van der Waals surface area contributed by atoms with E-state index in [4.69, 9.17) is 5.41 Å². The molecule has 0 spiro atoms. The van der Waals surface area contributed by atoms with Gasteiger partial charge in [-0.1, -0.05) is 49.1 Å². The van der Waals surface area contributed by atoms with Crippen molar-refractivity contribution in [3.63, 3.8) is 0 Å². The molecule has 2 nitrogen and oxygen atoms in total. The quantitative estimate of drug-likeness (QED) is 0.764. The third kappa shape index (κ3) is 2.94. The zero-order chi connectivity index (χ0) is 14.8. The maximum absolute atomic E-state index is 8.45. The van der Waals surface area contributed by atoms with E-state index in [0.29, 0.717) is 11.8 Å². The van der Waals surface area contributed by atoms with Crippen LogP contribution in [0.3, 0.4) is 0 Å². The van der Waals surface area contributed by atoms with Crippen molar-refractivity contribution in [2.45, 2.75) is 52.0 Å². The van der Waals surface area contributed by atoms with E-state index in [0.717, 1.165) is 11.1 Å². The van der Waals surface area contributed by atoms with Gasteiger partial charge in [-0.05, 0) is 32.8 Å². The SMILES string of the molecule is Cc1ccc(C(=N)c2cc(C)n(C3CCCCC3)c2)cc1. The molecule has 1 fully saturated rings. The predicted molar refractivity (Wildman–Crippen MR) is 88.4 cm³/mol. The molecule has 1 aliphatic rings. The summed E-state index contributed by atoms with van der Waals surface area (Å²) in [6, 6.07) is 11.1. The zero-order valence-corrected chi connectivity index (χ0v) is 13.0. The molecular weight excluding hydrogens is 256 g/mol. The number of hydrogen-bond acceptors (Lipinski definition) is 1. The minimum Gasteiger partial charge on any atom is -0.348 e. The minimum absolute atomic E-state index is 0.632. The van der Waals surface area contributed by atoms with E-state index in [-0.39, 0.29) is 0 Å². The summed E-state index contributed by atoms with van der Waals surface area (Å²) in [5.41, 5.74) is 5.20. The van der Waals surface area contributed by atoms with Crippen LogP contribution < -0.4 is 0 Å². The molecule has 1 aromatic carbocycles. The van der Waals surface area contributed by atoms with Gasteiger partial charge in [0.15, 0.2) is 0 Å². The average Bonchev–Trinajstić information content (AvgIpc) is 2.90. The van der Waals surface area contributed by atoms with Crippen LogP contribution in [-0.4, -0.2) is 10.3 Å². The van der Waals surface area contributed by atoms with Gasteiger partial charge >= 0.3 is 0 Å². The fourth-order valence-corrected chi connectivity index (χ4v) is 3.36. The fraction of sp³-hybridized carbons (Fsp3) is 0.421. The molecule has 0 radical (unpaired) electrons. The summed E-state index contributed by atoms with van der Waals surface area (Å²) in [5.74, 6) is 0. The van der Waals surface area contributed by atoms with Gasteiger partial charge in [0.05, 0.1) is 5.71 Å². The number of benzene rings is 1. The normalized spacial score (nSPS) is 16.1. The van der Waals surface area contributed by atoms with Gasteiger partial charge in [0.2, 0.25) is 0 Å². The predicted octanol–water partition coefficient (Wildman–Crippen LogP) is 5.03. The monoisotopic (exact) mass is 280 g/mol. The minimum atomic E-state index is 0.632. The molecule has 110 valence electrons. The first-order valence-electron chi connectivity index (χ1n) is 7.99. The van der Waals surface area contributed by atoms with Crippen molar-refractivity contribution >= 4 is 5.71 Å². The van der Waals surface area contributed by atoms with E-state index in [1.807, 2.05) is 12.1 Å². The molecule has 3 rings (SSSR count). The van der Waals surface area contributed by atoms with Gasteiger partial charge in [-0.15, -0.1) is 0 Å². The zero-order valence-electron chi connectivity index (χ0n) is 13.0. The van der Waals surface area contributed by atoms with Crippen molar-refractivity contribution < 1.29 is 0 Å². The molecule has 0 aliphatic heterocycles. The molecule has 1 saturated carbocycles. The van der Waals surface area contributed by atoms with Crippen LogP contribution in [0.15, 0.2) is 36.5 Å². The van der Waals surface area contributed by atoms with Crippen molar-refractivity contribution in [2.75, 3.05) is 0 Å². The first kappa shape index (κ1) is 14.1. The highest BCUT2D eigenvalue weighted by Crippen LogP contribution is 2.30. The largest absolute Gasteiger partial charge is 0.348 e. The summed E-state index contributed by atoms with van der Waals surface area (Å²) in [4.78, 5) is 0. The Morgan fingerprint density at radius 2 is 1.67 bits per heavy atom. The van der Waals surface area contributed by atoms with E-state index in [2.05, 4.69) is 42.8 Å². The smallest absolute Gasteiger partial charge is 0.0699 e. The van der Waals surface area contributed by atoms with Gasteiger partial charge in [0, 0.05) is 29.1 Å². The van der Waals surface area contributed by atoms with Crippen LogP contribution in [-0.2, 0) is 0 Å². The summed E-state index contributed by atoms with van der Waals surface area (Å²) in [6.45, 7) is 4.25. The molecule has 2 heteroatoms. The molecule has 1 aromatic heterocycles. The summed E-state index contributed by atoms with van der Waals surface area (Å²) in [6.07, 6.45) is 8.82. The molecule has 0 atom stereocenters. The average molecular weight is 280 g/mol. The van der Waals surface area contributed by atoms with E-state index in [1.165, 1.54) is 43.4 Å². The van der Waals surface area contributed by atoms with Gasteiger partial charge < -0.3 is 4.57 Å². The molecular formula is C19H24N2. The maximum atomic E-state index is 8.45. The molecule has 0 unspecified atom stereocenters. The second-order valence-corrected chi connectivity index (χ2v) is 6.31. The summed E-state index contributed by atoms with van der Waals surface area (Å²) < 4.78 is 2.40. The van der Waals surface area contributed by atoms with E-state index >= 15 is 0 Å². The number of rotatable bonds is 3. The molecule has 0 bridgehead atoms. The lowest BCUT2D eigenvalue weighted by Gasteiger charge is -2.24. The highest BCUT2D eigenvalue weighted by Gasteiger charge is 2.18. The van der Waals surface area contributed by atoms with Crippen molar-refractivity contribution in [1.29, 1.82) is 5.41 Å². The number of nitrogens with one attached hydrogen (secondary N) is 1. The topological polar surface area (TPSA) is 28.8 Å². The van der Waals surface area contributed by atoms with Crippen LogP contribution in [0.1, 0.15) is 60.5 Å². The lowest BCUT2D eigenvalue weighted by molar-refractivity contribution is 0.350. The number of hydrogen-bond donors (Lipinski definition) is 1. The van der Waals surface area contributed by atoms with E-state index < -0.39 is 0 Å².